The van der Waals surface area contributed by atoms with Crippen LogP contribution < -0.4 is 15.4 Å². The van der Waals surface area contributed by atoms with Crippen molar-refractivity contribution in [1.82, 2.24) is 10.6 Å². The molecule has 1 unspecified atom stereocenters. The van der Waals surface area contributed by atoms with E-state index in [1.54, 1.807) is 12.1 Å². The van der Waals surface area contributed by atoms with Gasteiger partial charge in [-0.1, -0.05) is 24.6 Å². The lowest BCUT2D eigenvalue weighted by molar-refractivity contribution is -0.0504. The van der Waals surface area contributed by atoms with E-state index in [1.807, 2.05) is 20.8 Å². The molecule has 24 heavy (non-hydrogen) atoms. The van der Waals surface area contributed by atoms with Gasteiger partial charge in [0.05, 0.1) is 6.54 Å². The van der Waals surface area contributed by atoms with E-state index < -0.39 is 6.61 Å². The summed E-state index contributed by atoms with van der Waals surface area (Å²) < 4.78 is 29.5. The summed E-state index contributed by atoms with van der Waals surface area (Å²) in [7, 11) is 0. The molecule has 0 bridgehead atoms. The highest BCUT2D eigenvalue weighted by Gasteiger charge is 2.10. The Morgan fingerprint density at radius 2 is 2.04 bits per heavy atom. The molecule has 1 aromatic carbocycles. The number of benzene rings is 1. The third-order valence-corrected chi connectivity index (χ3v) is 3.11. The predicted octanol–water partition coefficient (Wildman–Crippen LogP) is 2.90. The summed E-state index contributed by atoms with van der Waals surface area (Å²) in [6.45, 7) is 4.40. The number of guanidine groups is 1. The maximum absolute atomic E-state index is 12.5. The van der Waals surface area contributed by atoms with Crippen molar-refractivity contribution in [1.29, 1.82) is 0 Å². The van der Waals surface area contributed by atoms with Crippen LogP contribution in [0.3, 0.4) is 0 Å². The van der Waals surface area contributed by atoms with Crippen molar-refractivity contribution < 1.29 is 18.6 Å². The van der Waals surface area contributed by atoms with Gasteiger partial charge in [0, 0.05) is 25.3 Å². The average molecular weight is 457 g/mol. The Bertz CT molecular complexity index is 516. The summed E-state index contributed by atoms with van der Waals surface area (Å²) in [6, 6.07) is 5.03. The largest absolute Gasteiger partial charge is 0.434 e. The van der Waals surface area contributed by atoms with Crippen LogP contribution in [-0.2, 0) is 6.54 Å². The summed E-state index contributed by atoms with van der Waals surface area (Å²) in [6.07, 6.45) is 0. The lowest BCUT2D eigenvalue weighted by Gasteiger charge is -2.15. The first kappa shape index (κ1) is 22.8. The van der Waals surface area contributed by atoms with Crippen LogP contribution in [0, 0.1) is 12.8 Å². The van der Waals surface area contributed by atoms with Gasteiger partial charge in [-0.2, -0.15) is 8.78 Å². The van der Waals surface area contributed by atoms with Gasteiger partial charge in [-0.05, 0) is 25.8 Å². The molecule has 0 heterocycles. The predicted molar refractivity (Wildman–Crippen MR) is 102 cm³/mol. The zero-order valence-corrected chi connectivity index (χ0v) is 16.5. The normalized spacial score (nSPS) is 12.5. The molecule has 0 aromatic heterocycles. The summed E-state index contributed by atoms with van der Waals surface area (Å²) in [5, 5.41) is 15.2. The standard InChI is InChI=1S/C16H25F2N3O2.HI/c1-4-19-16(20-8-12(3)10-22)21-9-13-7-11(2)5-6-14(13)23-15(17)18;/h5-7,12,15,22H,4,8-10H2,1-3H3,(H2,19,20,21);1H. The third-order valence-electron chi connectivity index (χ3n) is 3.11. The number of rotatable bonds is 8. The van der Waals surface area contributed by atoms with Crippen molar-refractivity contribution in [3.05, 3.63) is 29.3 Å². The average Bonchev–Trinajstić information content (AvgIpc) is 2.51. The third kappa shape index (κ3) is 8.62. The first-order valence-corrected chi connectivity index (χ1v) is 7.63. The van der Waals surface area contributed by atoms with Crippen LogP contribution in [0.25, 0.3) is 0 Å². The molecule has 1 atom stereocenters. The second kappa shape index (κ2) is 12.2. The highest BCUT2D eigenvalue weighted by Crippen LogP contribution is 2.22. The van der Waals surface area contributed by atoms with Gasteiger partial charge in [0.2, 0.25) is 0 Å². The summed E-state index contributed by atoms with van der Waals surface area (Å²) >= 11 is 0. The SMILES string of the molecule is CCNC(=NCc1cc(C)ccc1OC(F)F)NCC(C)CO.I. The highest BCUT2D eigenvalue weighted by molar-refractivity contribution is 14.0. The second-order valence-electron chi connectivity index (χ2n) is 5.35. The molecule has 0 amide bonds. The minimum Gasteiger partial charge on any atom is -0.434 e. The van der Waals surface area contributed by atoms with Gasteiger partial charge in [0.25, 0.3) is 0 Å². The number of aliphatic hydroxyl groups is 1. The second-order valence-corrected chi connectivity index (χ2v) is 5.35. The Hall–Kier alpha value is -1.16. The molecule has 0 aliphatic rings. The van der Waals surface area contributed by atoms with Crippen molar-refractivity contribution in [3.63, 3.8) is 0 Å². The Morgan fingerprint density at radius 3 is 2.62 bits per heavy atom. The number of ether oxygens (including phenoxy) is 1. The van der Waals surface area contributed by atoms with E-state index in [4.69, 9.17) is 5.11 Å². The lowest BCUT2D eigenvalue weighted by Crippen LogP contribution is -2.39. The zero-order chi connectivity index (χ0) is 17.2. The van der Waals surface area contributed by atoms with Crippen molar-refractivity contribution in [3.8, 4) is 5.75 Å². The molecular weight excluding hydrogens is 431 g/mol. The maximum atomic E-state index is 12.5. The number of hydrogen-bond donors (Lipinski definition) is 3. The minimum atomic E-state index is -2.86. The van der Waals surface area contributed by atoms with Gasteiger partial charge in [-0.15, -0.1) is 24.0 Å². The zero-order valence-electron chi connectivity index (χ0n) is 14.2. The lowest BCUT2D eigenvalue weighted by atomic mass is 10.1. The number of nitrogens with one attached hydrogen (secondary N) is 2. The Balaban J connectivity index is 0.00000529. The topological polar surface area (TPSA) is 65.9 Å². The number of halogens is 3. The van der Waals surface area contributed by atoms with Gasteiger partial charge in [-0.3, -0.25) is 0 Å². The van der Waals surface area contributed by atoms with Crippen molar-refractivity contribution >= 4 is 29.9 Å². The molecule has 0 radical (unpaired) electrons. The number of aliphatic hydroxyl groups excluding tert-OH is 1. The van der Waals surface area contributed by atoms with Gasteiger partial charge in [0.1, 0.15) is 5.75 Å². The van der Waals surface area contributed by atoms with E-state index in [0.29, 0.717) is 24.6 Å². The molecule has 0 saturated carbocycles. The van der Waals surface area contributed by atoms with E-state index in [0.717, 1.165) is 5.56 Å². The highest BCUT2D eigenvalue weighted by atomic mass is 127. The van der Waals surface area contributed by atoms with Gasteiger partial charge in [-0.25, -0.2) is 4.99 Å². The molecule has 1 aromatic rings. The monoisotopic (exact) mass is 457 g/mol. The molecule has 138 valence electrons. The van der Waals surface area contributed by atoms with Crippen LogP contribution in [0.15, 0.2) is 23.2 Å². The van der Waals surface area contributed by atoms with Gasteiger partial charge < -0.3 is 20.5 Å². The van der Waals surface area contributed by atoms with E-state index in [9.17, 15) is 8.78 Å². The number of aryl methyl sites for hydroxylation is 1. The fourth-order valence-electron chi connectivity index (χ4n) is 1.88. The number of hydrogen-bond acceptors (Lipinski definition) is 3. The van der Waals surface area contributed by atoms with Crippen LogP contribution in [0.1, 0.15) is 25.0 Å². The quantitative estimate of drug-likeness (QED) is 0.319. The van der Waals surface area contributed by atoms with Gasteiger partial charge >= 0.3 is 6.61 Å². The molecule has 3 N–H and O–H groups in total. The fourth-order valence-corrected chi connectivity index (χ4v) is 1.88. The Labute approximate surface area is 158 Å². The number of alkyl halides is 2. The fraction of sp³-hybridized carbons (Fsp3) is 0.562. The van der Waals surface area contributed by atoms with Crippen LogP contribution in [-0.4, -0.2) is 37.4 Å². The van der Waals surface area contributed by atoms with Crippen LogP contribution >= 0.6 is 24.0 Å². The van der Waals surface area contributed by atoms with Crippen LogP contribution in [0.4, 0.5) is 8.78 Å². The molecule has 0 aliphatic carbocycles. The molecule has 0 aliphatic heterocycles. The summed E-state index contributed by atoms with van der Waals surface area (Å²) in [5.41, 5.74) is 1.54. The molecule has 0 fully saturated rings. The Kier molecular flexibility index (Phi) is 11.6. The molecule has 5 nitrogen and oxygen atoms in total. The van der Waals surface area contributed by atoms with E-state index >= 15 is 0 Å². The molecule has 1 rings (SSSR count). The van der Waals surface area contributed by atoms with Gasteiger partial charge in [0.15, 0.2) is 5.96 Å². The first-order valence-electron chi connectivity index (χ1n) is 7.63. The Morgan fingerprint density at radius 1 is 1.33 bits per heavy atom. The number of aliphatic imine (C=N–C) groups is 1. The van der Waals surface area contributed by atoms with Crippen molar-refractivity contribution in [2.24, 2.45) is 10.9 Å². The smallest absolute Gasteiger partial charge is 0.387 e. The van der Waals surface area contributed by atoms with Crippen molar-refractivity contribution in [2.75, 3.05) is 19.7 Å². The van der Waals surface area contributed by atoms with E-state index in [-0.39, 0.29) is 48.8 Å². The minimum absolute atomic E-state index is 0. The number of nitrogens with zero attached hydrogens (tertiary/aromatic N) is 1. The molecule has 0 saturated heterocycles. The maximum Gasteiger partial charge on any atom is 0.387 e. The molecule has 8 heteroatoms. The van der Waals surface area contributed by atoms with Crippen molar-refractivity contribution in [2.45, 2.75) is 33.9 Å². The van der Waals surface area contributed by atoms with Crippen LogP contribution in [0.2, 0.25) is 0 Å². The van der Waals surface area contributed by atoms with E-state index in [1.165, 1.54) is 6.07 Å². The molecule has 0 spiro atoms. The van der Waals surface area contributed by atoms with Crippen LogP contribution in [0.5, 0.6) is 5.75 Å². The van der Waals surface area contributed by atoms with E-state index in [2.05, 4.69) is 20.4 Å². The first-order chi connectivity index (χ1) is 11.0. The molecular formula is C16H26F2IN3O2. The summed E-state index contributed by atoms with van der Waals surface area (Å²) in [4.78, 5) is 4.39. The summed E-state index contributed by atoms with van der Waals surface area (Å²) in [5.74, 6) is 0.793.